The van der Waals surface area contributed by atoms with Gasteiger partial charge in [-0.05, 0) is 43.4 Å². The topological polar surface area (TPSA) is 12.0 Å². The van der Waals surface area contributed by atoms with E-state index in [9.17, 15) is 0 Å². The van der Waals surface area contributed by atoms with Gasteiger partial charge in [-0.2, -0.15) is 0 Å². The zero-order valence-corrected chi connectivity index (χ0v) is 9.92. The summed E-state index contributed by atoms with van der Waals surface area (Å²) in [5.74, 6) is 2.74. The molecule has 0 amide bonds. The highest BCUT2D eigenvalue weighted by Crippen LogP contribution is 2.35. The molecular weight excluding hydrogens is 170 g/mol. The van der Waals surface area contributed by atoms with Gasteiger partial charge in [-0.1, -0.05) is 27.2 Å². The second-order valence-electron chi connectivity index (χ2n) is 5.87. The molecule has 3 atom stereocenters. The van der Waals surface area contributed by atoms with Gasteiger partial charge in [0.25, 0.3) is 0 Å². The van der Waals surface area contributed by atoms with Crippen LogP contribution in [0.25, 0.3) is 0 Å². The van der Waals surface area contributed by atoms with Crippen molar-refractivity contribution < 1.29 is 0 Å². The Balaban J connectivity index is 1.91. The molecule has 0 saturated heterocycles. The van der Waals surface area contributed by atoms with Crippen molar-refractivity contribution in [3.8, 4) is 0 Å². The molecule has 0 aromatic carbocycles. The van der Waals surface area contributed by atoms with E-state index in [-0.39, 0.29) is 0 Å². The largest absolute Gasteiger partial charge is 0.311 e. The zero-order chi connectivity index (χ0) is 10.1. The summed E-state index contributed by atoms with van der Waals surface area (Å²) < 4.78 is 0. The summed E-state index contributed by atoms with van der Waals surface area (Å²) in [7, 11) is 0. The van der Waals surface area contributed by atoms with Crippen molar-refractivity contribution in [3.63, 3.8) is 0 Å². The minimum atomic E-state index is 0.825. The van der Waals surface area contributed by atoms with Gasteiger partial charge in [0, 0.05) is 12.1 Å². The Hall–Kier alpha value is -0.0400. The van der Waals surface area contributed by atoms with Gasteiger partial charge >= 0.3 is 0 Å². The van der Waals surface area contributed by atoms with Crippen molar-refractivity contribution in [2.45, 2.75) is 65.0 Å². The lowest BCUT2D eigenvalue weighted by molar-refractivity contribution is 0.169. The third kappa shape index (κ3) is 2.50. The standard InChI is InChI=1S/C13H25N/c1-9(2)12-7-4-10(3)8-13(12)14-11-5-6-11/h9-14H,4-8H2,1-3H3/t10-,12+,13+/m1/s1. The molecule has 0 unspecified atom stereocenters. The van der Waals surface area contributed by atoms with Gasteiger partial charge in [-0.15, -0.1) is 0 Å². The van der Waals surface area contributed by atoms with Crippen molar-refractivity contribution in [2.75, 3.05) is 0 Å². The fraction of sp³-hybridized carbons (Fsp3) is 1.00. The van der Waals surface area contributed by atoms with Gasteiger partial charge in [0.15, 0.2) is 0 Å². The van der Waals surface area contributed by atoms with Crippen LogP contribution in [-0.2, 0) is 0 Å². The maximum atomic E-state index is 3.85. The first-order chi connectivity index (χ1) is 6.66. The molecular formula is C13H25N. The molecule has 0 spiro atoms. The third-order valence-electron chi connectivity index (χ3n) is 4.05. The van der Waals surface area contributed by atoms with Crippen molar-refractivity contribution in [1.82, 2.24) is 5.32 Å². The predicted molar refractivity (Wildman–Crippen MR) is 61.3 cm³/mol. The molecule has 2 saturated carbocycles. The van der Waals surface area contributed by atoms with Crippen molar-refractivity contribution in [3.05, 3.63) is 0 Å². The van der Waals surface area contributed by atoms with E-state index < -0.39 is 0 Å². The van der Waals surface area contributed by atoms with Crippen LogP contribution in [0.15, 0.2) is 0 Å². The molecule has 2 aliphatic rings. The molecule has 1 nitrogen and oxygen atoms in total. The van der Waals surface area contributed by atoms with E-state index in [4.69, 9.17) is 0 Å². The molecule has 0 aromatic heterocycles. The molecule has 2 aliphatic carbocycles. The molecule has 0 heterocycles. The summed E-state index contributed by atoms with van der Waals surface area (Å²) in [6.45, 7) is 7.20. The lowest BCUT2D eigenvalue weighted by Crippen LogP contribution is -2.43. The Morgan fingerprint density at radius 1 is 1.07 bits per heavy atom. The summed E-state index contributed by atoms with van der Waals surface area (Å²) in [5, 5.41) is 3.85. The maximum Gasteiger partial charge on any atom is 0.0103 e. The number of rotatable bonds is 3. The first-order valence-electron chi connectivity index (χ1n) is 6.43. The van der Waals surface area contributed by atoms with Crippen LogP contribution in [0.1, 0.15) is 52.9 Å². The average Bonchev–Trinajstić information content (AvgIpc) is 2.87. The Kier molecular flexibility index (Phi) is 3.16. The van der Waals surface area contributed by atoms with Gasteiger partial charge in [0.05, 0.1) is 0 Å². The van der Waals surface area contributed by atoms with Crippen LogP contribution in [0.2, 0.25) is 0 Å². The second kappa shape index (κ2) is 4.22. The fourth-order valence-corrected chi connectivity index (χ4v) is 2.95. The summed E-state index contributed by atoms with van der Waals surface area (Å²) in [6, 6.07) is 1.71. The normalized spacial score (nSPS) is 39.0. The van der Waals surface area contributed by atoms with Crippen molar-refractivity contribution >= 4 is 0 Å². The van der Waals surface area contributed by atoms with Gasteiger partial charge in [0.2, 0.25) is 0 Å². The first kappa shape index (κ1) is 10.5. The third-order valence-corrected chi connectivity index (χ3v) is 4.05. The van der Waals surface area contributed by atoms with E-state index in [0.717, 1.165) is 29.8 Å². The van der Waals surface area contributed by atoms with Crippen LogP contribution in [0.4, 0.5) is 0 Å². The van der Waals surface area contributed by atoms with E-state index in [2.05, 4.69) is 26.1 Å². The smallest absolute Gasteiger partial charge is 0.0103 e. The molecule has 1 N–H and O–H groups in total. The maximum absolute atomic E-state index is 3.85. The minimum absolute atomic E-state index is 0.825. The number of hydrogen-bond acceptors (Lipinski definition) is 1. The van der Waals surface area contributed by atoms with Gasteiger partial charge < -0.3 is 5.32 Å². The number of hydrogen-bond donors (Lipinski definition) is 1. The Morgan fingerprint density at radius 2 is 1.79 bits per heavy atom. The second-order valence-corrected chi connectivity index (χ2v) is 5.87. The quantitative estimate of drug-likeness (QED) is 0.729. The van der Waals surface area contributed by atoms with Crippen LogP contribution in [0.5, 0.6) is 0 Å². The average molecular weight is 195 g/mol. The van der Waals surface area contributed by atoms with E-state index >= 15 is 0 Å². The highest BCUT2D eigenvalue weighted by molar-refractivity contribution is 4.91. The monoisotopic (exact) mass is 195 g/mol. The lowest BCUT2D eigenvalue weighted by atomic mass is 9.74. The zero-order valence-electron chi connectivity index (χ0n) is 9.92. The van der Waals surface area contributed by atoms with E-state index in [1.807, 2.05) is 0 Å². The highest BCUT2D eigenvalue weighted by Gasteiger charge is 2.34. The van der Waals surface area contributed by atoms with Crippen LogP contribution in [-0.4, -0.2) is 12.1 Å². The molecule has 0 aliphatic heterocycles. The molecule has 2 rings (SSSR count). The SMILES string of the molecule is CC(C)[C@@H]1CC[C@@H](C)C[C@@H]1NC1CC1. The predicted octanol–water partition coefficient (Wildman–Crippen LogP) is 3.20. The molecule has 82 valence electrons. The van der Waals surface area contributed by atoms with Crippen LogP contribution in [0.3, 0.4) is 0 Å². The first-order valence-corrected chi connectivity index (χ1v) is 6.43. The van der Waals surface area contributed by atoms with E-state index in [0.29, 0.717) is 0 Å². The summed E-state index contributed by atoms with van der Waals surface area (Å²) in [4.78, 5) is 0. The van der Waals surface area contributed by atoms with Crippen LogP contribution < -0.4 is 5.32 Å². The Morgan fingerprint density at radius 3 is 2.36 bits per heavy atom. The molecule has 0 aromatic rings. The number of nitrogens with one attached hydrogen (secondary N) is 1. The summed E-state index contributed by atoms with van der Waals surface area (Å²) in [5.41, 5.74) is 0. The Bertz CT molecular complexity index is 182. The minimum Gasteiger partial charge on any atom is -0.311 e. The van der Waals surface area contributed by atoms with Gasteiger partial charge in [-0.3, -0.25) is 0 Å². The van der Waals surface area contributed by atoms with Crippen molar-refractivity contribution in [1.29, 1.82) is 0 Å². The molecule has 0 bridgehead atoms. The highest BCUT2D eigenvalue weighted by atomic mass is 15.0. The van der Waals surface area contributed by atoms with Gasteiger partial charge in [-0.25, -0.2) is 0 Å². The molecule has 0 radical (unpaired) electrons. The van der Waals surface area contributed by atoms with Crippen molar-refractivity contribution in [2.24, 2.45) is 17.8 Å². The summed E-state index contributed by atoms with van der Waals surface area (Å²) >= 11 is 0. The molecule has 1 heteroatoms. The van der Waals surface area contributed by atoms with E-state index in [1.54, 1.807) is 0 Å². The van der Waals surface area contributed by atoms with Gasteiger partial charge in [0.1, 0.15) is 0 Å². The fourth-order valence-electron chi connectivity index (χ4n) is 2.95. The lowest BCUT2D eigenvalue weighted by Gasteiger charge is -2.38. The molecule has 14 heavy (non-hydrogen) atoms. The summed E-state index contributed by atoms with van der Waals surface area (Å²) in [6.07, 6.45) is 7.17. The Labute approximate surface area is 88.7 Å². The van der Waals surface area contributed by atoms with E-state index in [1.165, 1.54) is 32.1 Å². The molecule has 2 fully saturated rings. The van der Waals surface area contributed by atoms with Crippen LogP contribution in [0, 0.1) is 17.8 Å². The van der Waals surface area contributed by atoms with Crippen LogP contribution >= 0.6 is 0 Å².